The Bertz CT molecular complexity index is 497. The van der Waals surface area contributed by atoms with E-state index in [0.717, 1.165) is 0 Å². The van der Waals surface area contributed by atoms with E-state index in [-0.39, 0.29) is 11.9 Å². The summed E-state index contributed by atoms with van der Waals surface area (Å²) >= 11 is 0. The molecule has 0 N–H and O–H groups in total. The Labute approximate surface area is 94.9 Å². The summed E-state index contributed by atoms with van der Waals surface area (Å²) in [4.78, 5) is 11.5. The van der Waals surface area contributed by atoms with Crippen LogP contribution >= 0.6 is 0 Å². The summed E-state index contributed by atoms with van der Waals surface area (Å²) in [6.07, 6.45) is 3.43. The van der Waals surface area contributed by atoms with E-state index in [0.29, 0.717) is 11.7 Å². The first kappa shape index (κ1) is 9.64. The van der Waals surface area contributed by atoms with E-state index in [9.17, 15) is 4.79 Å². The van der Waals surface area contributed by atoms with E-state index >= 15 is 0 Å². The molecule has 2 aliphatic carbocycles. The maximum atomic E-state index is 11.5. The first-order chi connectivity index (χ1) is 7.65. The van der Waals surface area contributed by atoms with Crippen molar-refractivity contribution in [1.82, 2.24) is 0 Å². The van der Waals surface area contributed by atoms with Crippen LogP contribution in [0.3, 0.4) is 0 Å². The Balaban J connectivity index is 1.84. The molecule has 0 radical (unpaired) electrons. The smallest absolute Gasteiger partial charge is 0.313 e. The second kappa shape index (κ2) is 3.21. The van der Waals surface area contributed by atoms with Gasteiger partial charge in [-0.15, -0.1) is 0 Å². The molecular formula is C14H14O2. The van der Waals surface area contributed by atoms with Crippen molar-refractivity contribution in [3.63, 3.8) is 0 Å². The van der Waals surface area contributed by atoms with Gasteiger partial charge in [0.2, 0.25) is 0 Å². The standard InChI is InChI=1S/C14H14O2/c1-8(2)14(15)16-11-4-3-9-5-10-6-12(10)13(9)7-11/h3-5,7-8,12H,6H2,1-2H3. The Morgan fingerprint density at radius 1 is 1.44 bits per heavy atom. The van der Waals surface area contributed by atoms with Crippen LogP contribution in [0.4, 0.5) is 0 Å². The molecule has 1 saturated carbocycles. The quantitative estimate of drug-likeness (QED) is 0.558. The van der Waals surface area contributed by atoms with Gasteiger partial charge in [0.25, 0.3) is 0 Å². The summed E-state index contributed by atoms with van der Waals surface area (Å²) in [6.45, 7) is 3.69. The highest BCUT2D eigenvalue weighted by Gasteiger charge is 2.37. The molecule has 0 amide bonds. The highest BCUT2D eigenvalue weighted by Crippen LogP contribution is 2.54. The Morgan fingerprint density at radius 2 is 2.25 bits per heavy atom. The summed E-state index contributed by atoms with van der Waals surface area (Å²) in [5, 5.41) is 0. The van der Waals surface area contributed by atoms with Gasteiger partial charge in [-0.2, -0.15) is 0 Å². The third-order valence-electron chi connectivity index (χ3n) is 3.19. The molecule has 16 heavy (non-hydrogen) atoms. The van der Waals surface area contributed by atoms with Crippen molar-refractivity contribution in [3.05, 3.63) is 34.9 Å². The van der Waals surface area contributed by atoms with E-state index in [1.165, 1.54) is 23.1 Å². The lowest BCUT2D eigenvalue weighted by Gasteiger charge is -2.08. The molecule has 1 atom stereocenters. The average Bonchev–Trinajstić information content (AvgIpc) is 2.93. The molecule has 0 aliphatic heterocycles. The molecule has 82 valence electrons. The van der Waals surface area contributed by atoms with Crippen molar-refractivity contribution in [2.75, 3.05) is 0 Å². The zero-order valence-electron chi connectivity index (χ0n) is 9.49. The van der Waals surface area contributed by atoms with Crippen molar-refractivity contribution < 1.29 is 9.53 Å². The summed E-state index contributed by atoms with van der Waals surface area (Å²) in [5.74, 6) is 1.05. The minimum atomic E-state index is -0.165. The number of fused-ring (bicyclic) bond motifs is 3. The van der Waals surface area contributed by atoms with Gasteiger partial charge in [-0.05, 0) is 29.7 Å². The Kier molecular flexibility index (Phi) is 1.93. The van der Waals surface area contributed by atoms with Gasteiger partial charge in [0.15, 0.2) is 0 Å². The normalized spacial score (nSPS) is 20.2. The molecular weight excluding hydrogens is 200 g/mol. The van der Waals surface area contributed by atoms with Gasteiger partial charge in [0.1, 0.15) is 5.75 Å². The zero-order chi connectivity index (χ0) is 11.3. The second-order valence-corrected chi connectivity index (χ2v) is 4.84. The molecule has 2 heteroatoms. The van der Waals surface area contributed by atoms with Crippen LogP contribution in [-0.4, -0.2) is 5.97 Å². The number of ether oxygens (including phenoxy) is 1. The fourth-order valence-corrected chi connectivity index (χ4v) is 2.13. The number of hydrogen-bond donors (Lipinski definition) is 0. The number of rotatable bonds is 2. The van der Waals surface area contributed by atoms with E-state index in [1.54, 1.807) is 0 Å². The van der Waals surface area contributed by atoms with Crippen molar-refractivity contribution in [2.45, 2.75) is 26.2 Å². The van der Waals surface area contributed by atoms with Crippen molar-refractivity contribution in [3.8, 4) is 5.75 Å². The fourth-order valence-electron chi connectivity index (χ4n) is 2.13. The van der Waals surface area contributed by atoms with Gasteiger partial charge < -0.3 is 4.74 Å². The molecule has 3 rings (SSSR count). The number of carbonyl (C=O) groups excluding carboxylic acids is 1. The lowest BCUT2D eigenvalue weighted by molar-refractivity contribution is -0.137. The highest BCUT2D eigenvalue weighted by molar-refractivity contribution is 5.76. The van der Waals surface area contributed by atoms with E-state index in [1.807, 2.05) is 32.0 Å². The summed E-state index contributed by atoms with van der Waals surface area (Å²) < 4.78 is 5.31. The van der Waals surface area contributed by atoms with Crippen LogP contribution in [0.15, 0.2) is 23.8 Å². The van der Waals surface area contributed by atoms with Crippen molar-refractivity contribution in [2.24, 2.45) is 5.92 Å². The zero-order valence-corrected chi connectivity index (χ0v) is 9.49. The third kappa shape index (κ3) is 1.45. The average molecular weight is 214 g/mol. The predicted molar refractivity (Wildman–Crippen MR) is 62.3 cm³/mol. The van der Waals surface area contributed by atoms with Gasteiger partial charge in [0, 0.05) is 5.92 Å². The van der Waals surface area contributed by atoms with E-state index in [2.05, 4.69) is 6.08 Å². The largest absolute Gasteiger partial charge is 0.426 e. The molecule has 2 aliphatic rings. The Morgan fingerprint density at radius 3 is 3.00 bits per heavy atom. The van der Waals surface area contributed by atoms with Gasteiger partial charge >= 0.3 is 5.97 Å². The number of hydrogen-bond acceptors (Lipinski definition) is 2. The molecule has 0 aromatic heterocycles. The summed E-state index contributed by atoms with van der Waals surface area (Å²) in [6, 6.07) is 5.93. The predicted octanol–water partition coefficient (Wildman–Crippen LogP) is 3.13. The van der Waals surface area contributed by atoms with Crippen LogP contribution < -0.4 is 4.74 Å². The first-order valence-corrected chi connectivity index (χ1v) is 5.71. The molecule has 1 unspecified atom stereocenters. The first-order valence-electron chi connectivity index (χ1n) is 5.71. The Hall–Kier alpha value is -1.57. The summed E-state index contributed by atoms with van der Waals surface area (Å²) in [7, 11) is 0. The monoisotopic (exact) mass is 214 g/mol. The van der Waals surface area contributed by atoms with Gasteiger partial charge in [-0.25, -0.2) is 0 Å². The lowest BCUT2D eigenvalue weighted by atomic mass is 10.1. The van der Waals surface area contributed by atoms with Crippen molar-refractivity contribution >= 4 is 12.0 Å². The molecule has 2 nitrogen and oxygen atoms in total. The third-order valence-corrected chi connectivity index (χ3v) is 3.19. The highest BCUT2D eigenvalue weighted by atomic mass is 16.5. The molecule has 0 spiro atoms. The molecule has 0 saturated heterocycles. The lowest BCUT2D eigenvalue weighted by Crippen LogP contribution is -2.14. The minimum Gasteiger partial charge on any atom is -0.426 e. The van der Waals surface area contributed by atoms with Crippen molar-refractivity contribution in [1.29, 1.82) is 0 Å². The van der Waals surface area contributed by atoms with Gasteiger partial charge in [-0.3, -0.25) is 4.79 Å². The molecule has 1 aromatic rings. The maximum absolute atomic E-state index is 11.5. The van der Waals surface area contributed by atoms with Crippen LogP contribution in [0, 0.1) is 5.92 Å². The fraction of sp³-hybridized carbons (Fsp3) is 0.357. The number of allylic oxidation sites excluding steroid dienone is 1. The van der Waals surface area contributed by atoms with E-state index in [4.69, 9.17) is 4.74 Å². The number of benzene rings is 1. The van der Waals surface area contributed by atoms with Crippen LogP contribution in [0.5, 0.6) is 5.75 Å². The van der Waals surface area contributed by atoms with Crippen LogP contribution in [0.1, 0.15) is 37.3 Å². The van der Waals surface area contributed by atoms with Gasteiger partial charge in [-0.1, -0.05) is 31.6 Å². The van der Waals surface area contributed by atoms with Crippen LogP contribution in [0.25, 0.3) is 6.08 Å². The molecule has 0 heterocycles. The van der Waals surface area contributed by atoms with Gasteiger partial charge in [0.05, 0.1) is 5.92 Å². The maximum Gasteiger partial charge on any atom is 0.313 e. The summed E-state index contributed by atoms with van der Waals surface area (Å²) in [5.41, 5.74) is 4.13. The van der Waals surface area contributed by atoms with Crippen LogP contribution in [0.2, 0.25) is 0 Å². The second-order valence-electron chi connectivity index (χ2n) is 4.84. The number of esters is 1. The van der Waals surface area contributed by atoms with Crippen LogP contribution in [-0.2, 0) is 4.79 Å². The van der Waals surface area contributed by atoms with E-state index < -0.39 is 0 Å². The number of carbonyl (C=O) groups is 1. The molecule has 0 bridgehead atoms. The molecule has 1 fully saturated rings. The molecule has 1 aromatic carbocycles. The minimum absolute atomic E-state index is 0.0807. The topological polar surface area (TPSA) is 26.3 Å². The SMILES string of the molecule is CC(C)C(=O)Oc1ccc2c(c1)C1CC1=C2.